The minimum absolute atomic E-state index is 0.0351. The van der Waals surface area contributed by atoms with Crippen molar-refractivity contribution < 1.29 is 9.50 Å². The number of aliphatic hydroxyl groups is 1. The summed E-state index contributed by atoms with van der Waals surface area (Å²) in [6.45, 7) is 1.21. The van der Waals surface area contributed by atoms with E-state index >= 15 is 0 Å². The highest BCUT2D eigenvalue weighted by atomic mass is 19.1. The molecule has 0 spiro atoms. The van der Waals surface area contributed by atoms with Gasteiger partial charge in [0.05, 0.1) is 19.2 Å². The third-order valence-corrected chi connectivity index (χ3v) is 2.94. The number of nitrogens with zero attached hydrogens (tertiary/aromatic N) is 2. The molecule has 1 aliphatic rings. The Morgan fingerprint density at radius 1 is 1.53 bits per heavy atom. The molecule has 1 aromatic rings. The normalized spacial score (nSPS) is 19.5. The van der Waals surface area contributed by atoms with Crippen LogP contribution in [0.4, 0.5) is 4.39 Å². The van der Waals surface area contributed by atoms with Crippen LogP contribution in [0.25, 0.3) is 0 Å². The number of nitrogens with two attached hydrogens (primary N) is 1. The smallest absolute Gasteiger partial charge is 0.191 e. The van der Waals surface area contributed by atoms with Crippen molar-refractivity contribution in [2.24, 2.45) is 10.7 Å². The zero-order valence-corrected chi connectivity index (χ0v) is 9.51. The zero-order valence-electron chi connectivity index (χ0n) is 9.51. The highest BCUT2D eigenvalue weighted by Gasteiger charge is 2.24. The largest absolute Gasteiger partial charge is 0.394 e. The third-order valence-electron chi connectivity index (χ3n) is 2.94. The maximum Gasteiger partial charge on any atom is 0.191 e. The summed E-state index contributed by atoms with van der Waals surface area (Å²) < 4.78 is 13.0. The molecular weight excluding hydrogens is 221 g/mol. The van der Waals surface area contributed by atoms with E-state index in [1.807, 2.05) is 11.0 Å². The van der Waals surface area contributed by atoms with E-state index in [9.17, 15) is 4.39 Å². The predicted molar refractivity (Wildman–Crippen MR) is 64.2 cm³/mol. The first-order valence-electron chi connectivity index (χ1n) is 5.62. The molecule has 1 aliphatic heterocycles. The van der Waals surface area contributed by atoms with E-state index < -0.39 is 0 Å². The quantitative estimate of drug-likeness (QED) is 0.794. The predicted octanol–water partition coefficient (Wildman–Crippen LogP) is 0.359. The number of hydrogen-bond acceptors (Lipinski definition) is 4. The van der Waals surface area contributed by atoms with Gasteiger partial charge in [0, 0.05) is 6.54 Å². The van der Waals surface area contributed by atoms with Crippen LogP contribution in [0.5, 0.6) is 0 Å². The molecule has 5 heteroatoms. The van der Waals surface area contributed by atoms with E-state index in [0.29, 0.717) is 25.5 Å². The molecule has 1 atom stereocenters. The van der Waals surface area contributed by atoms with Crippen molar-refractivity contribution >= 4 is 5.96 Å². The maximum atomic E-state index is 13.0. The Labute approximate surface area is 99.6 Å². The van der Waals surface area contributed by atoms with Crippen molar-refractivity contribution in [1.29, 1.82) is 0 Å². The van der Waals surface area contributed by atoms with E-state index in [1.54, 1.807) is 6.07 Å². The lowest BCUT2D eigenvalue weighted by molar-refractivity contribution is 0.196. The summed E-state index contributed by atoms with van der Waals surface area (Å²) in [6.07, 6.45) is 0.685. The zero-order chi connectivity index (χ0) is 12.3. The minimum atomic E-state index is -0.232. The Kier molecular flexibility index (Phi) is 3.58. The average Bonchev–Trinajstić information content (AvgIpc) is 2.67. The van der Waals surface area contributed by atoms with Crippen LogP contribution in [-0.2, 0) is 6.42 Å². The van der Waals surface area contributed by atoms with Crippen molar-refractivity contribution in [3.8, 4) is 0 Å². The number of hydrogen-bond donors (Lipinski definition) is 2. The molecule has 1 aromatic carbocycles. The van der Waals surface area contributed by atoms with Crippen LogP contribution in [0.3, 0.4) is 0 Å². The van der Waals surface area contributed by atoms with Gasteiger partial charge in [-0.2, -0.15) is 0 Å². The maximum absolute atomic E-state index is 13.0. The highest BCUT2D eigenvalue weighted by Crippen LogP contribution is 2.10. The Morgan fingerprint density at radius 3 is 3.06 bits per heavy atom. The summed E-state index contributed by atoms with van der Waals surface area (Å²) in [4.78, 5) is 5.95. The topological polar surface area (TPSA) is 61.9 Å². The van der Waals surface area contributed by atoms with E-state index in [0.717, 1.165) is 5.56 Å². The number of halogens is 1. The summed E-state index contributed by atoms with van der Waals surface area (Å²) >= 11 is 0. The van der Waals surface area contributed by atoms with Crippen LogP contribution < -0.4 is 5.73 Å². The van der Waals surface area contributed by atoms with Crippen LogP contribution in [0, 0.1) is 5.82 Å². The summed E-state index contributed by atoms with van der Waals surface area (Å²) in [5.74, 6) is 0.227. The summed E-state index contributed by atoms with van der Waals surface area (Å²) in [5.41, 5.74) is 6.65. The van der Waals surface area contributed by atoms with Gasteiger partial charge in [-0.25, -0.2) is 4.39 Å². The molecule has 3 N–H and O–H groups in total. The van der Waals surface area contributed by atoms with Gasteiger partial charge in [-0.15, -0.1) is 0 Å². The van der Waals surface area contributed by atoms with Crippen molar-refractivity contribution in [2.45, 2.75) is 12.5 Å². The Bertz CT molecular complexity index is 422. The van der Waals surface area contributed by atoms with Crippen molar-refractivity contribution in [2.75, 3.05) is 19.7 Å². The minimum Gasteiger partial charge on any atom is -0.394 e. The van der Waals surface area contributed by atoms with E-state index in [2.05, 4.69) is 4.99 Å². The van der Waals surface area contributed by atoms with E-state index in [-0.39, 0.29) is 18.5 Å². The lowest BCUT2D eigenvalue weighted by Gasteiger charge is -2.24. The second-order valence-electron chi connectivity index (χ2n) is 4.11. The summed E-state index contributed by atoms with van der Waals surface area (Å²) in [5, 5.41) is 9.16. The van der Waals surface area contributed by atoms with Crippen LogP contribution in [-0.4, -0.2) is 41.7 Å². The molecule has 0 radical (unpaired) electrons. The average molecular weight is 237 g/mol. The monoisotopic (exact) mass is 237 g/mol. The third kappa shape index (κ3) is 2.74. The molecule has 0 aromatic heterocycles. The molecule has 0 fully saturated rings. The molecule has 1 heterocycles. The fraction of sp³-hybridized carbons (Fsp3) is 0.417. The fourth-order valence-corrected chi connectivity index (χ4v) is 1.97. The first-order valence-corrected chi connectivity index (χ1v) is 5.62. The van der Waals surface area contributed by atoms with Gasteiger partial charge in [-0.1, -0.05) is 12.1 Å². The molecule has 0 saturated carbocycles. The number of aliphatic hydroxyl groups excluding tert-OH is 1. The molecule has 0 saturated heterocycles. The molecule has 92 valence electrons. The second kappa shape index (κ2) is 5.14. The molecule has 0 aliphatic carbocycles. The van der Waals surface area contributed by atoms with Gasteiger partial charge in [-0.05, 0) is 24.1 Å². The van der Waals surface area contributed by atoms with Gasteiger partial charge in [0.2, 0.25) is 0 Å². The van der Waals surface area contributed by atoms with Gasteiger partial charge in [0.15, 0.2) is 5.96 Å². The Hall–Kier alpha value is -1.62. The summed E-state index contributed by atoms with van der Waals surface area (Å²) in [6, 6.07) is 6.46. The molecule has 17 heavy (non-hydrogen) atoms. The van der Waals surface area contributed by atoms with Crippen molar-refractivity contribution in [3.05, 3.63) is 35.6 Å². The van der Waals surface area contributed by atoms with Crippen molar-refractivity contribution in [3.63, 3.8) is 0 Å². The molecule has 0 bridgehead atoms. The standard InChI is InChI=1S/C12H16FN3O/c13-10-3-1-2-9(6-10)4-5-16-11(8-17)7-15-12(16)14/h1-3,6,11,17H,4-5,7-8H2,(H2,14,15). The van der Waals surface area contributed by atoms with Crippen LogP contribution in [0.1, 0.15) is 5.56 Å². The van der Waals surface area contributed by atoms with Crippen LogP contribution in [0.15, 0.2) is 29.3 Å². The lowest BCUT2D eigenvalue weighted by atomic mass is 10.1. The molecule has 4 nitrogen and oxygen atoms in total. The van der Waals surface area contributed by atoms with E-state index in [1.165, 1.54) is 12.1 Å². The number of benzene rings is 1. The van der Waals surface area contributed by atoms with Crippen LogP contribution in [0.2, 0.25) is 0 Å². The fourth-order valence-electron chi connectivity index (χ4n) is 1.97. The van der Waals surface area contributed by atoms with Gasteiger partial charge >= 0.3 is 0 Å². The Balaban J connectivity index is 1.95. The molecule has 2 rings (SSSR count). The summed E-state index contributed by atoms with van der Waals surface area (Å²) in [7, 11) is 0. The van der Waals surface area contributed by atoms with Crippen molar-refractivity contribution in [1.82, 2.24) is 4.90 Å². The number of aliphatic imine (C=N–C) groups is 1. The molecular formula is C12H16FN3O. The lowest BCUT2D eigenvalue weighted by Crippen LogP contribution is -2.43. The SMILES string of the molecule is NC1=NCC(CO)N1CCc1cccc(F)c1. The van der Waals surface area contributed by atoms with Gasteiger partial charge in [0.1, 0.15) is 5.82 Å². The first-order chi connectivity index (χ1) is 8.20. The van der Waals surface area contributed by atoms with Gasteiger partial charge in [-0.3, -0.25) is 4.99 Å². The van der Waals surface area contributed by atoms with Crippen LogP contribution >= 0.6 is 0 Å². The van der Waals surface area contributed by atoms with E-state index in [4.69, 9.17) is 10.8 Å². The van der Waals surface area contributed by atoms with Gasteiger partial charge in [0.25, 0.3) is 0 Å². The van der Waals surface area contributed by atoms with Gasteiger partial charge < -0.3 is 15.7 Å². The number of rotatable bonds is 4. The first kappa shape index (κ1) is 11.9. The highest BCUT2D eigenvalue weighted by molar-refractivity contribution is 5.80. The Morgan fingerprint density at radius 2 is 2.35 bits per heavy atom. The molecule has 1 unspecified atom stereocenters. The molecule has 0 amide bonds. The number of guanidine groups is 1. The second-order valence-corrected chi connectivity index (χ2v) is 4.11.